The van der Waals surface area contributed by atoms with Gasteiger partial charge in [0, 0.05) is 23.8 Å². The van der Waals surface area contributed by atoms with Crippen molar-refractivity contribution in [1.29, 1.82) is 0 Å². The molecule has 0 bridgehead atoms. The van der Waals surface area contributed by atoms with E-state index in [0.717, 1.165) is 53.1 Å². The standard InChI is InChI=1S/C18H21BrN4/c1-3-4-10-20-18-17-16(21-13(2)22-18)9-11-23(17)12-14-7-5-6-8-15(14)19/h5-9,11H,3-4,10,12H2,1-2H3,(H,20,21,22). The maximum absolute atomic E-state index is 4.62. The number of aryl methyl sites for hydroxylation is 1. The summed E-state index contributed by atoms with van der Waals surface area (Å²) in [7, 11) is 0. The van der Waals surface area contributed by atoms with E-state index in [1.165, 1.54) is 5.56 Å². The van der Waals surface area contributed by atoms with Gasteiger partial charge in [-0.1, -0.05) is 47.5 Å². The van der Waals surface area contributed by atoms with Crippen LogP contribution in [-0.4, -0.2) is 21.1 Å². The second-order valence-electron chi connectivity index (χ2n) is 5.67. The highest BCUT2D eigenvalue weighted by Crippen LogP contribution is 2.25. The zero-order valence-electron chi connectivity index (χ0n) is 13.5. The third-order valence-electron chi connectivity index (χ3n) is 3.84. The molecule has 0 aliphatic rings. The Balaban J connectivity index is 1.99. The summed E-state index contributed by atoms with van der Waals surface area (Å²) in [4.78, 5) is 9.18. The Bertz CT molecular complexity index is 810. The van der Waals surface area contributed by atoms with Gasteiger partial charge in [0.25, 0.3) is 0 Å². The number of hydrogen-bond acceptors (Lipinski definition) is 3. The Morgan fingerprint density at radius 3 is 2.78 bits per heavy atom. The molecule has 23 heavy (non-hydrogen) atoms. The summed E-state index contributed by atoms with van der Waals surface area (Å²) in [6.07, 6.45) is 4.39. The lowest BCUT2D eigenvalue weighted by Crippen LogP contribution is -2.08. The number of fused-ring (bicyclic) bond motifs is 1. The van der Waals surface area contributed by atoms with Crippen LogP contribution >= 0.6 is 15.9 Å². The van der Waals surface area contributed by atoms with Gasteiger partial charge in [-0.2, -0.15) is 0 Å². The molecule has 0 saturated heterocycles. The Labute approximate surface area is 145 Å². The largest absolute Gasteiger partial charge is 0.368 e. The van der Waals surface area contributed by atoms with Gasteiger partial charge >= 0.3 is 0 Å². The van der Waals surface area contributed by atoms with Gasteiger partial charge in [0.05, 0.1) is 5.52 Å². The summed E-state index contributed by atoms with van der Waals surface area (Å²) in [6.45, 7) is 5.86. The molecule has 0 saturated carbocycles. The van der Waals surface area contributed by atoms with Crippen molar-refractivity contribution < 1.29 is 0 Å². The molecule has 0 spiro atoms. The Morgan fingerprint density at radius 1 is 1.17 bits per heavy atom. The summed E-state index contributed by atoms with van der Waals surface area (Å²) < 4.78 is 3.33. The number of nitrogens with one attached hydrogen (secondary N) is 1. The van der Waals surface area contributed by atoms with E-state index in [4.69, 9.17) is 0 Å². The minimum atomic E-state index is 0.791. The quantitative estimate of drug-likeness (QED) is 0.634. The average molecular weight is 373 g/mol. The number of nitrogens with zero attached hydrogens (tertiary/aromatic N) is 3. The minimum Gasteiger partial charge on any atom is -0.368 e. The summed E-state index contributed by atoms with van der Waals surface area (Å²) in [6, 6.07) is 10.4. The van der Waals surface area contributed by atoms with Gasteiger partial charge < -0.3 is 9.88 Å². The van der Waals surface area contributed by atoms with Crippen molar-refractivity contribution in [3.8, 4) is 0 Å². The first-order chi connectivity index (χ1) is 11.2. The van der Waals surface area contributed by atoms with Crippen molar-refractivity contribution in [3.63, 3.8) is 0 Å². The monoisotopic (exact) mass is 372 g/mol. The lowest BCUT2D eigenvalue weighted by atomic mass is 10.2. The fourth-order valence-corrected chi connectivity index (χ4v) is 3.08. The van der Waals surface area contributed by atoms with Crippen LogP contribution in [-0.2, 0) is 6.54 Å². The van der Waals surface area contributed by atoms with Crippen LogP contribution in [0.1, 0.15) is 31.2 Å². The van der Waals surface area contributed by atoms with E-state index in [9.17, 15) is 0 Å². The van der Waals surface area contributed by atoms with Crippen molar-refractivity contribution in [1.82, 2.24) is 14.5 Å². The molecule has 5 heteroatoms. The summed E-state index contributed by atoms with van der Waals surface area (Å²) >= 11 is 3.63. The molecule has 0 aliphatic heterocycles. The molecule has 3 aromatic rings. The summed E-state index contributed by atoms with van der Waals surface area (Å²) in [5.41, 5.74) is 3.30. The van der Waals surface area contributed by atoms with Gasteiger partial charge in [-0.05, 0) is 31.0 Å². The normalized spacial score (nSPS) is 11.1. The van der Waals surface area contributed by atoms with E-state index < -0.39 is 0 Å². The smallest absolute Gasteiger partial charge is 0.154 e. The Morgan fingerprint density at radius 2 is 2.00 bits per heavy atom. The molecule has 0 amide bonds. The molecule has 120 valence electrons. The zero-order chi connectivity index (χ0) is 16.2. The highest BCUT2D eigenvalue weighted by Gasteiger charge is 2.11. The number of aromatic nitrogens is 3. The van der Waals surface area contributed by atoms with Crippen molar-refractivity contribution >= 4 is 32.8 Å². The second kappa shape index (κ2) is 7.13. The highest BCUT2D eigenvalue weighted by atomic mass is 79.9. The van der Waals surface area contributed by atoms with E-state index >= 15 is 0 Å². The molecule has 1 N–H and O–H groups in total. The molecule has 1 aromatic carbocycles. The molecule has 4 nitrogen and oxygen atoms in total. The van der Waals surface area contributed by atoms with Gasteiger partial charge in [-0.15, -0.1) is 0 Å². The number of halogens is 1. The number of anilines is 1. The predicted octanol–water partition coefficient (Wildman–Crippen LogP) is 4.76. The fourth-order valence-electron chi connectivity index (χ4n) is 2.67. The molecular weight excluding hydrogens is 352 g/mol. The number of benzene rings is 1. The van der Waals surface area contributed by atoms with Crippen LogP contribution in [0, 0.1) is 6.92 Å². The van der Waals surface area contributed by atoms with Crippen LogP contribution in [0.2, 0.25) is 0 Å². The summed E-state index contributed by atoms with van der Waals surface area (Å²) in [5.74, 6) is 1.73. The van der Waals surface area contributed by atoms with Gasteiger partial charge in [0.2, 0.25) is 0 Å². The fraction of sp³-hybridized carbons (Fsp3) is 0.333. The summed E-state index contributed by atoms with van der Waals surface area (Å²) in [5, 5.41) is 3.47. The van der Waals surface area contributed by atoms with Crippen LogP contribution in [0.4, 0.5) is 5.82 Å². The van der Waals surface area contributed by atoms with E-state index in [2.05, 4.69) is 73.2 Å². The molecule has 0 fully saturated rings. The van der Waals surface area contributed by atoms with Gasteiger partial charge in [0.1, 0.15) is 11.3 Å². The molecule has 0 unspecified atom stereocenters. The first-order valence-corrected chi connectivity index (χ1v) is 8.79. The highest BCUT2D eigenvalue weighted by molar-refractivity contribution is 9.10. The second-order valence-corrected chi connectivity index (χ2v) is 6.52. The number of rotatable bonds is 6. The SMILES string of the molecule is CCCCNc1nc(C)nc2ccn(Cc3ccccc3Br)c12. The Kier molecular flexibility index (Phi) is 4.96. The Hall–Kier alpha value is -1.88. The first kappa shape index (κ1) is 16.0. The van der Waals surface area contributed by atoms with Crippen LogP contribution < -0.4 is 5.32 Å². The van der Waals surface area contributed by atoms with Crippen molar-refractivity contribution in [2.24, 2.45) is 0 Å². The molecule has 0 aliphatic carbocycles. The third kappa shape index (κ3) is 3.55. The van der Waals surface area contributed by atoms with Crippen LogP contribution in [0.5, 0.6) is 0 Å². The molecule has 2 aromatic heterocycles. The number of hydrogen-bond donors (Lipinski definition) is 1. The molecule has 0 atom stereocenters. The van der Waals surface area contributed by atoms with Crippen LogP contribution in [0.15, 0.2) is 41.0 Å². The minimum absolute atomic E-state index is 0.791. The zero-order valence-corrected chi connectivity index (χ0v) is 15.1. The molecule has 2 heterocycles. The van der Waals surface area contributed by atoms with E-state index in [-0.39, 0.29) is 0 Å². The van der Waals surface area contributed by atoms with E-state index in [1.807, 2.05) is 13.0 Å². The third-order valence-corrected chi connectivity index (χ3v) is 4.62. The lowest BCUT2D eigenvalue weighted by molar-refractivity contribution is 0.816. The van der Waals surface area contributed by atoms with Crippen LogP contribution in [0.3, 0.4) is 0 Å². The molecule has 3 rings (SSSR count). The van der Waals surface area contributed by atoms with E-state index in [1.54, 1.807) is 0 Å². The molecule has 0 radical (unpaired) electrons. The average Bonchev–Trinajstić information content (AvgIpc) is 2.92. The molecular formula is C18H21BrN4. The van der Waals surface area contributed by atoms with Crippen molar-refractivity contribution in [2.45, 2.75) is 33.2 Å². The maximum atomic E-state index is 4.62. The predicted molar refractivity (Wildman–Crippen MR) is 98.9 cm³/mol. The first-order valence-electron chi connectivity index (χ1n) is 8.00. The van der Waals surface area contributed by atoms with Crippen molar-refractivity contribution in [3.05, 3.63) is 52.4 Å². The van der Waals surface area contributed by atoms with Crippen LogP contribution in [0.25, 0.3) is 11.0 Å². The van der Waals surface area contributed by atoms with Gasteiger partial charge in [0.15, 0.2) is 5.82 Å². The number of unbranched alkanes of at least 4 members (excludes halogenated alkanes) is 1. The van der Waals surface area contributed by atoms with E-state index in [0.29, 0.717) is 0 Å². The van der Waals surface area contributed by atoms with Gasteiger partial charge in [-0.3, -0.25) is 0 Å². The van der Waals surface area contributed by atoms with Gasteiger partial charge in [-0.25, -0.2) is 9.97 Å². The lowest BCUT2D eigenvalue weighted by Gasteiger charge is -2.12. The maximum Gasteiger partial charge on any atom is 0.154 e. The van der Waals surface area contributed by atoms with Crippen molar-refractivity contribution in [2.75, 3.05) is 11.9 Å². The topological polar surface area (TPSA) is 42.7 Å².